The molecule has 0 saturated heterocycles. The first-order chi connectivity index (χ1) is 13.5. The monoisotopic (exact) mass is 487 g/mol. The summed E-state index contributed by atoms with van der Waals surface area (Å²) in [6.45, 7) is 1.43. The van der Waals surface area contributed by atoms with Gasteiger partial charge in [-0.1, -0.05) is 0 Å². The Bertz CT molecular complexity index is 786. The zero-order chi connectivity index (χ0) is 23.1. The number of aliphatic hydroxyl groups excluding tert-OH is 1. The fourth-order valence-corrected chi connectivity index (χ4v) is 2.12. The lowest BCUT2D eigenvalue weighted by molar-refractivity contribution is -0.139. The van der Waals surface area contributed by atoms with E-state index in [9.17, 15) is 35.8 Å². The summed E-state index contributed by atoms with van der Waals surface area (Å²) in [6.07, 6.45) is -14.7. The van der Waals surface area contributed by atoms with Crippen molar-refractivity contribution in [2.45, 2.75) is 63.6 Å². The molecule has 0 aliphatic heterocycles. The van der Waals surface area contributed by atoms with Gasteiger partial charge in [0.2, 0.25) is 11.9 Å². The van der Waals surface area contributed by atoms with Crippen LogP contribution in [-0.4, -0.2) is 50.6 Å². The Balaban J connectivity index is 0.00000480. The van der Waals surface area contributed by atoms with E-state index in [0.29, 0.717) is 13.8 Å². The summed E-state index contributed by atoms with van der Waals surface area (Å²) in [7, 11) is 0. The highest BCUT2D eigenvalue weighted by atomic mass is 32.1. The SMILES string of the molecule is S.S.[2H]C1([2H])CCC(c2nc(NC(C)C(F)(F)F)nc(N[C@@H](C)C(F)(F)F)n2)=C(F)C1O. The highest BCUT2D eigenvalue weighted by Gasteiger charge is 2.38. The van der Waals surface area contributed by atoms with Crippen LogP contribution >= 0.6 is 27.0 Å². The first-order valence-electron chi connectivity index (χ1n) is 9.02. The molecular formula is C15H22F7N5OS2. The molecule has 0 fully saturated rings. The molecule has 30 heavy (non-hydrogen) atoms. The number of nitrogens with zero attached hydrogens (tertiary/aromatic N) is 3. The van der Waals surface area contributed by atoms with Crippen molar-refractivity contribution in [3.63, 3.8) is 0 Å². The van der Waals surface area contributed by atoms with Crippen LogP contribution in [0.3, 0.4) is 0 Å². The van der Waals surface area contributed by atoms with Gasteiger partial charge in [-0.25, -0.2) is 4.39 Å². The van der Waals surface area contributed by atoms with Gasteiger partial charge < -0.3 is 15.7 Å². The second kappa shape index (κ2) is 10.7. The summed E-state index contributed by atoms with van der Waals surface area (Å²) >= 11 is 0. The molecule has 0 amide bonds. The topological polar surface area (TPSA) is 83.0 Å². The Labute approximate surface area is 184 Å². The molecule has 1 aliphatic rings. The molecule has 0 bridgehead atoms. The summed E-state index contributed by atoms with van der Waals surface area (Å²) < 4.78 is 106. The van der Waals surface area contributed by atoms with E-state index in [-0.39, 0.29) is 39.8 Å². The molecular weight excluding hydrogens is 463 g/mol. The van der Waals surface area contributed by atoms with Crippen LogP contribution in [0.4, 0.5) is 42.6 Å². The van der Waals surface area contributed by atoms with Crippen LogP contribution in [0.1, 0.15) is 41.6 Å². The Morgan fingerprint density at radius 1 is 0.967 bits per heavy atom. The van der Waals surface area contributed by atoms with Crippen LogP contribution in [0.2, 0.25) is 0 Å². The maximum absolute atomic E-state index is 14.5. The average Bonchev–Trinajstić information content (AvgIpc) is 2.58. The number of nitrogens with one attached hydrogen (secondary N) is 2. The molecule has 1 aromatic rings. The molecule has 3 N–H and O–H groups in total. The Hall–Kier alpha value is -1.48. The minimum absolute atomic E-state index is 0. The third-order valence-electron chi connectivity index (χ3n) is 3.82. The molecule has 1 aliphatic carbocycles. The number of rotatable bonds is 5. The smallest absolute Gasteiger partial charge is 0.386 e. The van der Waals surface area contributed by atoms with Gasteiger partial charge in [-0.15, -0.1) is 0 Å². The van der Waals surface area contributed by atoms with Crippen molar-refractivity contribution in [2.75, 3.05) is 10.6 Å². The summed E-state index contributed by atoms with van der Waals surface area (Å²) in [5.41, 5.74) is -0.439. The zero-order valence-corrected chi connectivity index (χ0v) is 17.6. The van der Waals surface area contributed by atoms with Gasteiger partial charge in [0.1, 0.15) is 24.0 Å². The normalized spacial score (nSPS) is 22.0. The molecule has 1 heterocycles. The van der Waals surface area contributed by atoms with E-state index in [2.05, 4.69) is 15.0 Å². The van der Waals surface area contributed by atoms with Crippen molar-refractivity contribution in [3.8, 4) is 0 Å². The Morgan fingerprint density at radius 2 is 1.40 bits per heavy atom. The van der Waals surface area contributed by atoms with Gasteiger partial charge in [0, 0.05) is 8.31 Å². The minimum atomic E-state index is -4.73. The minimum Gasteiger partial charge on any atom is -0.386 e. The first-order valence-corrected chi connectivity index (χ1v) is 8.02. The second-order valence-electron chi connectivity index (χ2n) is 6.05. The number of hydrogen-bond acceptors (Lipinski definition) is 6. The average molecular weight is 488 g/mol. The second-order valence-corrected chi connectivity index (χ2v) is 6.05. The highest BCUT2D eigenvalue weighted by Crippen LogP contribution is 2.33. The number of halogens is 7. The largest absolute Gasteiger partial charge is 0.408 e. The molecule has 0 spiro atoms. The van der Waals surface area contributed by atoms with Gasteiger partial charge >= 0.3 is 12.4 Å². The standard InChI is InChI=1S/C15H18F7N5O.2H2S/c1-6(14(17,18)19)23-12-25-11(8-4-3-5-9(28)10(8)16)26-13(27-12)24-7(2)15(20,21)22;;/h6-7,9,28H,3-5H2,1-2H3,(H2,23,24,25,26,27);2*1H2/t6-,7?,9?;;/m0../s1/i5D2;;. The van der Waals surface area contributed by atoms with E-state index in [0.717, 1.165) is 0 Å². The lowest BCUT2D eigenvalue weighted by Gasteiger charge is -2.22. The van der Waals surface area contributed by atoms with Crippen molar-refractivity contribution >= 4 is 44.5 Å². The fraction of sp³-hybridized carbons (Fsp3) is 0.667. The molecule has 2 unspecified atom stereocenters. The number of anilines is 2. The number of aliphatic hydroxyl groups is 1. The van der Waals surface area contributed by atoms with Gasteiger partial charge in [0.25, 0.3) is 0 Å². The van der Waals surface area contributed by atoms with Gasteiger partial charge in [-0.2, -0.15) is 68.3 Å². The third-order valence-corrected chi connectivity index (χ3v) is 3.82. The lowest BCUT2D eigenvalue weighted by Crippen LogP contribution is -2.35. The van der Waals surface area contributed by atoms with Gasteiger partial charge in [-0.05, 0) is 33.1 Å². The van der Waals surface area contributed by atoms with E-state index < -0.39 is 66.0 Å². The highest BCUT2D eigenvalue weighted by molar-refractivity contribution is 7.59. The predicted octanol–water partition coefficient (Wildman–Crippen LogP) is 4.05. The summed E-state index contributed by atoms with van der Waals surface area (Å²) in [5, 5.41) is 13.5. The van der Waals surface area contributed by atoms with Crippen molar-refractivity contribution in [3.05, 3.63) is 11.7 Å². The molecule has 6 nitrogen and oxygen atoms in total. The molecule has 15 heteroatoms. The van der Waals surface area contributed by atoms with Gasteiger partial charge in [-0.3, -0.25) is 0 Å². The Kier molecular flexibility index (Phi) is 8.85. The predicted molar refractivity (Wildman–Crippen MR) is 107 cm³/mol. The van der Waals surface area contributed by atoms with Gasteiger partial charge in [0.05, 0.1) is 0 Å². The van der Waals surface area contributed by atoms with E-state index in [1.54, 1.807) is 0 Å². The van der Waals surface area contributed by atoms with Crippen LogP contribution in [0.5, 0.6) is 0 Å². The third kappa shape index (κ3) is 7.34. The summed E-state index contributed by atoms with van der Waals surface area (Å²) in [4.78, 5) is 10.7. The van der Waals surface area contributed by atoms with Gasteiger partial charge in [0.15, 0.2) is 5.82 Å². The van der Waals surface area contributed by atoms with E-state index in [4.69, 9.17) is 2.74 Å². The molecule has 0 radical (unpaired) electrons. The summed E-state index contributed by atoms with van der Waals surface area (Å²) in [5.74, 6) is -3.52. The molecule has 0 aromatic carbocycles. The van der Waals surface area contributed by atoms with E-state index in [1.807, 2.05) is 10.6 Å². The van der Waals surface area contributed by atoms with Crippen molar-refractivity contribution in [2.24, 2.45) is 0 Å². The Morgan fingerprint density at radius 3 is 1.80 bits per heavy atom. The van der Waals surface area contributed by atoms with Crippen LogP contribution in [0.25, 0.3) is 5.57 Å². The van der Waals surface area contributed by atoms with Crippen molar-refractivity contribution < 1.29 is 38.6 Å². The molecule has 2 rings (SSSR count). The van der Waals surface area contributed by atoms with Crippen molar-refractivity contribution in [1.82, 2.24) is 15.0 Å². The molecule has 3 atom stereocenters. The molecule has 0 saturated carbocycles. The maximum Gasteiger partial charge on any atom is 0.408 e. The number of aromatic nitrogens is 3. The fourth-order valence-electron chi connectivity index (χ4n) is 2.12. The first kappa shape index (κ1) is 24.8. The zero-order valence-electron chi connectivity index (χ0n) is 17.6. The summed E-state index contributed by atoms with van der Waals surface area (Å²) in [6, 6.07) is -4.38. The van der Waals surface area contributed by atoms with Crippen molar-refractivity contribution in [1.29, 1.82) is 0 Å². The quantitative estimate of drug-likeness (QED) is 0.544. The maximum atomic E-state index is 14.5. The number of allylic oxidation sites excluding steroid dienone is 1. The van der Waals surface area contributed by atoms with E-state index in [1.165, 1.54) is 0 Å². The van der Waals surface area contributed by atoms with Crippen LogP contribution in [0, 0.1) is 0 Å². The molecule has 1 aromatic heterocycles. The number of hydrogen-bond donors (Lipinski definition) is 3. The van der Waals surface area contributed by atoms with E-state index >= 15 is 0 Å². The lowest BCUT2D eigenvalue weighted by atomic mass is 9.96. The van der Waals surface area contributed by atoms with Crippen LogP contribution in [-0.2, 0) is 0 Å². The van der Waals surface area contributed by atoms with Crippen LogP contribution < -0.4 is 10.6 Å². The number of alkyl halides is 6. The molecule has 174 valence electrons. The van der Waals surface area contributed by atoms with Crippen LogP contribution in [0.15, 0.2) is 5.83 Å².